The zero-order chi connectivity index (χ0) is 22.0. The highest BCUT2D eigenvalue weighted by molar-refractivity contribution is 6.02. The van der Waals surface area contributed by atoms with Crippen LogP contribution < -0.4 is 15.8 Å². The lowest BCUT2D eigenvalue weighted by Gasteiger charge is -2.27. The smallest absolute Gasteiger partial charge is 0.257 e. The number of hydrogen-bond donors (Lipinski definition) is 2. The summed E-state index contributed by atoms with van der Waals surface area (Å²) in [5.41, 5.74) is 10.1. The number of carbonyl (C=O) groups excluding carboxylic acids is 1. The summed E-state index contributed by atoms with van der Waals surface area (Å²) >= 11 is 0. The number of benzene rings is 2. The molecule has 0 atom stereocenters. The number of carbonyl (C=O) groups is 1. The number of nitrogens with two attached hydrogens (primary N) is 1. The third-order valence-corrected chi connectivity index (χ3v) is 5.28. The molecule has 3 N–H and O–H groups in total. The molecule has 162 valence electrons. The maximum absolute atomic E-state index is 13.1. The Morgan fingerprint density at radius 1 is 1.16 bits per heavy atom. The van der Waals surface area contributed by atoms with Gasteiger partial charge < -0.3 is 25.4 Å². The minimum absolute atomic E-state index is 0.0805. The van der Waals surface area contributed by atoms with Crippen LogP contribution in [0.15, 0.2) is 30.3 Å². The summed E-state index contributed by atoms with van der Waals surface area (Å²) in [7, 11) is 1.56. The number of anilines is 2. The standard InChI is InChI=1S/C23H27N5O3/c1-14-8-16(10-17(24)9-14)13-25-22-18-12-21(30-3)19(11-20(18)26-15(2)27-22)23(29)28-4-6-31-7-5-28/h8-12H,4-7,13,24H2,1-3H3,(H,25,26,27). The van der Waals surface area contributed by atoms with E-state index in [2.05, 4.69) is 21.4 Å². The second-order valence-electron chi connectivity index (χ2n) is 7.70. The van der Waals surface area contributed by atoms with Crippen LogP contribution in [0.2, 0.25) is 0 Å². The molecule has 0 saturated carbocycles. The average Bonchev–Trinajstić information content (AvgIpc) is 2.76. The largest absolute Gasteiger partial charge is 0.496 e. The quantitative estimate of drug-likeness (QED) is 0.611. The zero-order valence-electron chi connectivity index (χ0n) is 18.1. The van der Waals surface area contributed by atoms with Crippen LogP contribution in [0.25, 0.3) is 10.9 Å². The number of nitrogen functional groups attached to an aromatic ring is 1. The summed E-state index contributed by atoms with van der Waals surface area (Å²) in [5, 5.41) is 4.18. The van der Waals surface area contributed by atoms with E-state index in [0.717, 1.165) is 22.2 Å². The minimum atomic E-state index is -0.0805. The lowest BCUT2D eigenvalue weighted by atomic mass is 10.1. The maximum Gasteiger partial charge on any atom is 0.257 e. The number of aryl methyl sites for hydroxylation is 2. The molecule has 31 heavy (non-hydrogen) atoms. The highest BCUT2D eigenvalue weighted by Crippen LogP contribution is 2.30. The van der Waals surface area contributed by atoms with E-state index >= 15 is 0 Å². The van der Waals surface area contributed by atoms with Gasteiger partial charge in [-0.3, -0.25) is 4.79 Å². The SMILES string of the molecule is COc1cc2c(NCc3cc(C)cc(N)c3)nc(C)nc2cc1C(=O)N1CCOCC1. The number of fused-ring (bicyclic) bond motifs is 1. The van der Waals surface area contributed by atoms with Crippen LogP contribution in [0, 0.1) is 13.8 Å². The maximum atomic E-state index is 13.1. The first kappa shape index (κ1) is 20.9. The Kier molecular flexibility index (Phi) is 5.90. The van der Waals surface area contributed by atoms with E-state index in [1.54, 1.807) is 18.1 Å². The van der Waals surface area contributed by atoms with Crippen molar-refractivity contribution in [2.45, 2.75) is 20.4 Å². The number of morpholine rings is 1. The van der Waals surface area contributed by atoms with Gasteiger partial charge in [0.25, 0.3) is 5.91 Å². The van der Waals surface area contributed by atoms with Crippen LogP contribution in [-0.4, -0.2) is 54.2 Å². The van der Waals surface area contributed by atoms with E-state index in [4.69, 9.17) is 15.2 Å². The molecule has 1 saturated heterocycles. The van der Waals surface area contributed by atoms with Crippen molar-refractivity contribution < 1.29 is 14.3 Å². The molecule has 1 aliphatic rings. The molecule has 2 aromatic carbocycles. The van der Waals surface area contributed by atoms with Gasteiger partial charge in [0.05, 0.1) is 31.4 Å². The number of aromatic nitrogens is 2. The second kappa shape index (κ2) is 8.77. The molecule has 0 unspecified atom stereocenters. The van der Waals surface area contributed by atoms with Crippen LogP contribution in [-0.2, 0) is 11.3 Å². The molecular weight excluding hydrogens is 394 g/mol. The fourth-order valence-electron chi connectivity index (χ4n) is 3.86. The number of amides is 1. The highest BCUT2D eigenvalue weighted by Gasteiger charge is 2.23. The number of rotatable bonds is 5. The fraction of sp³-hybridized carbons (Fsp3) is 0.348. The van der Waals surface area contributed by atoms with Crippen molar-refractivity contribution in [1.29, 1.82) is 0 Å². The molecule has 0 spiro atoms. The van der Waals surface area contributed by atoms with Crippen molar-refractivity contribution in [1.82, 2.24) is 14.9 Å². The molecule has 1 aliphatic heterocycles. The van der Waals surface area contributed by atoms with Gasteiger partial charge in [-0.25, -0.2) is 9.97 Å². The van der Waals surface area contributed by atoms with Gasteiger partial charge in [0.1, 0.15) is 17.4 Å². The first-order chi connectivity index (χ1) is 14.9. The number of nitrogens with zero attached hydrogens (tertiary/aromatic N) is 3. The van der Waals surface area contributed by atoms with Gasteiger partial charge in [-0.2, -0.15) is 0 Å². The molecule has 8 nitrogen and oxygen atoms in total. The first-order valence-corrected chi connectivity index (χ1v) is 10.3. The average molecular weight is 422 g/mol. The van der Waals surface area contributed by atoms with Crippen LogP contribution in [0.5, 0.6) is 5.75 Å². The van der Waals surface area contributed by atoms with E-state index in [9.17, 15) is 4.79 Å². The van der Waals surface area contributed by atoms with E-state index in [1.165, 1.54) is 0 Å². The van der Waals surface area contributed by atoms with Crippen molar-refractivity contribution in [2.24, 2.45) is 0 Å². The van der Waals surface area contributed by atoms with E-state index < -0.39 is 0 Å². The fourth-order valence-corrected chi connectivity index (χ4v) is 3.86. The molecule has 2 heterocycles. The zero-order valence-corrected chi connectivity index (χ0v) is 18.1. The lowest BCUT2D eigenvalue weighted by Crippen LogP contribution is -2.40. The normalized spacial score (nSPS) is 14.0. The summed E-state index contributed by atoms with van der Waals surface area (Å²) in [4.78, 5) is 24.0. The van der Waals surface area contributed by atoms with Crippen LogP contribution in [0.1, 0.15) is 27.3 Å². The summed E-state index contributed by atoms with van der Waals surface area (Å²) in [6.45, 7) is 6.63. The summed E-state index contributed by atoms with van der Waals surface area (Å²) < 4.78 is 10.9. The van der Waals surface area contributed by atoms with E-state index in [0.29, 0.717) is 61.3 Å². The van der Waals surface area contributed by atoms with Gasteiger partial charge in [0, 0.05) is 30.7 Å². The Hall–Kier alpha value is -3.39. The van der Waals surface area contributed by atoms with Crippen molar-refractivity contribution in [2.75, 3.05) is 44.5 Å². The summed E-state index contributed by atoms with van der Waals surface area (Å²) in [6.07, 6.45) is 0. The molecule has 0 bridgehead atoms. The molecule has 0 aliphatic carbocycles. The Morgan fingerprint density at radius 2 is 1.94 bits per heavy atom. The Morgan fingerprint density at radius 3 is 2.65 bits per heavy atom. The molecule has 0 radical (unpaired) electrons. The van der Waals surface area contributed by atoms with Crippen molar-refractivity contribution in [3.8, 4) is 5.75 Å². The van der Waals surface area contributed by atoms with Gasteiger partial charge in [0.15, 0.2) is 0 Å². The van der Waals surface area contributed by atoms with Gasteiger partial charge >= 0.3 is 0 Å². The number of ether oxygens (including phenoxy) is 2. The topological polar surface area (TPSA) is 103 Å². The Balaban J connectivity index is 1.69. The third kappa shape index (κ3) is 4.54. The first-order valence-electron chi connectivity index (χ1n) is 10.3. The molecular formula is C23H27N5O3. The molecule has 1 fully saturated rings. The number of hydrogen-bond acceptors (Lipinski definition) is 7. The van der Waals surface area contributed by atoms with Gasteiger partial charge in [-0.05, 0) is 49.2 Å². The summed E-state index contributed by atoms with van der Waals surface area (Å²) in [5.74, 6) is 1.72. The van der Waals surface area contributed by atoms with Crippen LogP contribution in [0.3, 0.4) is 0 Å². The molecule has 4 rings (SSSR count). The molecule has 3 aromatic rings. The monoisotopic (exact) mass is 421 g/mol. The number of methoxy groups -OCH3 is 1. The second-order valence-corrected chi connectivity index (χ2v) is 7.70. The van der Waals surface area contributed by atoms with Gasteiger partial charge in [-0.15, -0.1) is 0 Å². The highest BCUT2D eigenvalue weighted by atomic mass is 16.5. The van der Waals surface area contributed by atoms with Crippen molar-refractivity contribution in [3.05, 3.63) is 52.8 Å². The predicted molar refractivity (Wildman–Crippen MR) is 120 cm³/mol. The Labute approximate surface area is 181 Å². The van der Waals surface area contributed by atoms with Crippen molar-refractivity contribution in [3.63, 3.8) is 0 Å². The Bertz CT molecular complexity index is 1110. The number of nitrogens with one attached hydrogen (secondary N) is 1. The predicted octanol–water partition coefficient (Wildman–Crippen LogP) is 2.92. The van der Waals surface area contributed by atoms with E-state index in [-0.39, 0.29) is 5.91 Å². The third-order valence-electron chi connectivity index (χ3n) is 5.28. The van der Waals surface area contributed by atoms with Crippen molar-refractivity contribution >= 4 is 28.3 Å². The van der Waals surface area contributed by atoms with Gasteiger partial charge in [0.2, 0.25) is 0 Å². The molecule has 1 aromatic heterocycles. The van der Waals surface area contributed by atoms with Crippen LogP contribution >= 0.6 is 0 Å². The van der Waals surface area contributed by atoms with E-state index in [1.807, 2.05) is 32.0 Å². The van der Waals surface area contributed by atoms with Gasteiger partial charge in [-0.1, -0.05) is 6.07 Å². The van der Waals surface area contributed by atoms with Crippen LogP contribution in [0.4, 0.5) is 11.5 Å². The molecule has 8 heteroatoms. The summed E-state index contributed by atoms with van der Waals surface area (Å²) in [6, 6.07) is 9.58. The minimum Gasteiger partial charge on any atom is -0.496 e. The molecule has 1 amide bonds. The lowest BCUT2D eigenvalue weighted by molar-refractivity contribution is 0.0301.